The number of nitrogens with one attached hydrogen (secondary N) is 1. The minimum atomic E-state index is 0.825. The lowest BCUT2D eigenvalue weighted by molar-refractivity contribution is 0.361. The molecule has 4 nitrogen and oxygen atoms in total. The highest BCUT2D eigenvalue weighted by atomic mass is 15.2. The van der Waals surface area contributed by atoms with Gasteiger partial charge in [-0.25, -0.2) is 9.97 Å². The van der Waals surface area contributed by atoms with E-state index in [9.17, 15) is 0 Å². The van der Waals surface area contributed by atoms with E-state index in [0.29, 0.717) is 0 Å². The van der Waals surface area contributed by atoms with Crippen LogP contribution in [0.4, 0.5) is 11.6 Å². The molecule has 1 fully saturated rings. The molecular formula is C17H30N4. The molecule has 1 aromatic rings. The van der Waals surface area contributed by atoms with Crippen molar-refractivity contribution in [3.8, 4) is 0 Å². The van der Waals surface area contributed by atoms with Crippen molar-refractivity contribution in [3.05, 3.63) is 11.4 Å². The Balaban J connectivity index is 2.17. The third-order valence-electron chi connectivity index (χ3n) is 4.50. The number of rotatable bonds is 6. The first kappa shape index (κ1) is 16.1. The molecule has 1 aliphatic carbocycles. The van der Waals surface area contributed by atoms with E-state index >= 15 is 0 Å². The summed E-state index contributed by atoms with van der Waals surface area (Å²) in [4.78, 5) is 11.8. The molecule has 1 N–H and O–H groups in total. The summed E-state index contributed by atoms with van der Waals surface area (Å²) in [6, 6.07) is 0. The number of anilines is 2. The highest BCUT2D eigenvalue weighted by Crippen LogP contribution is 2.28. The van der Waals surface area contributed by atoms with Crippen molar-refractivity contribution < 1.29 is 0 Å². The van der Waals surface area contributed by atoms with Crippen molar-refractivity contribution in [1.82, 2.24) is 9.97 Å². The van der Waals surface area contributed by atoms with Crippen LogP contribution in [0.15, 0.2) is 0 Å². The largest absolute Gasteiger partial charge is 0.373 e. The summed E-state index contributed by atoms with van der Waals surface area (Å²) in [5.41, 5.74) is 1.16. The van der Waals surface area contributed by atoms with Crippen LogP contribution < -0.4 is 10.2 Å². The maximum Gasteiger partial charge on any atom is 0.137 e. The molecular weight excluding hydrogens is 260 g/mol. The lowest BCUT2D eigenvalue weighted by Gasteiger charge is -2.29. The van der Waals surface area contributed by atoms with Crippen LogP contribution in [0.5, 0.6) is 0 Å². The maximum atomic E-state index is 4.81. The zero-order chi connectivity index (χ0) is 15.2. The molecule has 118 valence electrons. The number of aryl methyl sites for hydroxylation is 1. The fourth-order valence-corrected chi connectivity index (χ4v) is 3.34. The van der Waals surface area contributed by atoms with Gasteiger partial charge in [0.15, 0.2) is 0 Å². The molecule has 4 heteroatoms. The average Bonchev–Trinajstić information content (AvgIpc) is 2.50. The van der Waals surface area contributed by atoms with Gasteiger partial charge in [-0.3, -0.25) is 0 Å². The molecule has 0 amide bonds. The van der Waals surface area contributed by atoms with E-state index in [1.54, 1.807) is 0 Å². The molecule has 1 aromatic heterocycles. The molecule has 0 saturated heterocycles. The monoisotopic (exact) mass is 290 g/mol. The smallest absolute Gasteiger partial charge is 0.137 e. The van der Waals surface area contributed by atoms with Gasteiger partial charge in [-0.2, -0.15) is 0 Å². The van der Waals surface area contributed by atoms with E-state index in [1.807, 2.05) is 7.05 Å². The van der Waals surface area contributed by atoms with Crippen LogP contribution in [-0.4, -0.2) is 30.6 Å². The van der Waals surface area contributed by atoms with Crippen molar-refractivity contribution in [2.75, 3.05) is 30.9 Å². The van der Waals surface area contributed by atoms with Gasteiger partial charge in [-0.15, -0.1) is 0 Å². The van der Waals surface area contributed by atoms with E-state index in [-0.39, 0.29) is 0 Å². The molecule has 21 heavy (non-hydrogen) atoms. The van der Waals surface area contributed by atoms with Crippen LogP contribution in [-0.2, 0) is 6.42 Å². The molecule has 1 heterocycles. The van der Waals surface area contributed by atoms with E-state index in [4.69, 9.17) is 4.98 Å². The van der Waals surface area contributed by atoms with Crippen molar-refractivity contribution in [3.63, 3.8) is 0 Å². The first-order valence-electron chi connectivity index (χ1n) is 8.42. The summed E-state index contributed by atoms with van der Waals surface area (Å²) in [7, 11) is 4.12. The van der Waals surface area contributed by atoms with Crippen molar-refractivity contribution in [2.24, 2.45) is 5.92 Å². The summed E-state index contributed by atoms with van der Waals surface area (Å²) < 4.78 is 0. The highest BCUT2D eigenvalue weighted by molar-refractivity contribution is 5.58. The van der Waals surface area contributed by atoms with Gasteiger partial charge in [0.1, 0.15) is 17.5 Å². The predicted molar refractivity (Wildman–Crippen MR) is 90.2 cm³/mol. The molecule has 0 spiro atoms. The second-order valence-electron chi connectivity index (χ2n) is 6.32. The number of hydrogen-bond acceptors (Lipinski definition) is 4. The molecule has 1 saturated carbocycles. The molecule has 0 aliphatic heterocycles. The van der Waals surface area contributed by atoms with Crippen LogP contribution in [0.2, 0.25) is 0 Å². The van der Waals surface area contributed by atoms with Crippen LogP contribution in [0, 0.1) is 12.8 Å². The van der Waals surface area contributed by atoms with E-state index in [0.717, 1.165) is 48.3 Å². The number of hydrogen-bond donors (Lipinski definition) is 1. The lowest BCUT2D eigenvalue weighted by Crippen LogP contribution is -2.28. The zero-order valence-electron chi connectivity index (χ0n) is 14.1. The van der Waals surface area contributed by atoms with Gasteiger partial charge in [-0.05, 0) is 32.1 Å². The Hall–Kier alpha value is -1.32. The number of nitrogens with zero attached hydrogens (tertiary/aromatic N) is 3. The summed E-state index contributed by atoms with van der Waals surface area (Å²) in [5, 5.41) is 3.22. The van der Waals surface area contributed by atoms with Crippen LogP contribution in [0.25, 0.3) is 0 Å². The van der Waals surface area contributed by atoms with E-state index in [1.165, 1.54) is 32.1 Å². The third kappa shape index (κ3) is 4.08. The highest BCUT2D eigenvalue weighted by Gasteiger charge is 2.19. The fourth-order valence-electron chi connectivity index (χ4n) is 3.34. The van der Waals surface area contributed by atoms with E-state index < -0.39 is 0 Å². The minimum Gasteiger partial charge on any atom is -0.373 e. The van der Waals surface area contributed by atoms with Crippen molar-refractivity contribution >= 4 is 11.6 Å². The van der Waals surface area contributed by atoms with Crippen LogP contribution in [0.1, 0.15) is 56.8 Å². The van der Waals surface area contributed by atoms with Gasteiger partial charge in [0, 0.05) is 32.6 Å². The third-order valence-corrected chi connectivity index (χ3v) is 4.50. The van der Waals surface area contributed by atoms with Gasteiger partial charge in [0.25, 0.3) is 0 Å². The number of aromatic nitrogens is 2. The SMILES string of the molecule is CCCc1nc(NC)c(C)c(N(C)CC2CCCCC2)n1. The molecule has 0 bridgehead atoms. The van der Waals surface area contributed by atoms with Gasteiger partial charge in [-0.1, -0.05) is 26.2 Å². The van der Waals surface area contributed by atoms with Gasteiger partial charge in [0.05, 0.1) is 0 Å². The standard InChI is InChI=1S/C17H30N4/c1-5-9-15-19-16(18-3)13(2)17(20-15)21(4)12-14-10-7-6-8-11-14/h14H,5-12H2,1-4H3,(H,18,19,20). The van der Waals surface area contributed by atoms with Crippen LogP contribution in [0.3, 0.4) is 0 Å². The second-order valence-corrected chi connectivity index (χ2v) is 6.32. The second kappa shape index (κ2) is 7.62. The van der Waals surface area contributed by atoms with Gasteiger partial charge in [0.2, 0.25) is 0 Å². The Kier molecular flexibility index (Phi) is 5.83. The Morgan fingerprint density at radius 1 is 1.19 bits per heavy atom. The molecule has 0 radical (unpaired) electrons. The maximum absolute atomic E-state index is 4.81. The summed E-state index contributed by atoms with van der Waals surface area (Å²) in [6.45, 7) is 5.41. The molecule has 0 atom stereocenters. The minimum absolute atomic E-state index is 0.825. The summed E-state index contributed by atoms with van der Waals surface area (Å²) >= 11 is 0. The fraction of sp³-hybridized carbons (Fsp3) is 0.765. The Bertz CT molecular complexity index is 452. The Morgan fingerprint density at radius 2 is 1.90 bits per heavy atom. The first-order chi connectivity index (χ1) is 10.2. The lowest BCUT2D eigenvalue weighted by atomic mass is 9.89. The van der Waals surface area contributed by atoms with E-state index in [2.05, 4.69) is 36.1 Å². The zero-order valence-corrected chi connectivity index (χ0v) is 14.1. The normalized spacial score (nSPS) is 16.0. The van der Waals surface area contributed by atoms with Crippen molar-refractivity contribution in [1.29, 1.82) is 0 Å². The summed E-state index contributed by atoms with van der Waals surface area (Å²) in [6.07, 6.45) is 8.97. The quantitative estimate of drug-likeness (QED) is 0.865. The molecule has 2 rings (SSSR count). The Labute approximate surface area is 129 Å². The molecule has 1 aliphatic rings. The average molecular weight is 290 g/mol. The van der Waals surface area contributed by atoms with Gasteiger partial charge < -0.3 is 10.2 Å². The van der Waals surface area contributed by atoms with Crippen molar-refractivity contribution in [2.45, 2.75) is 58.8 Å². The molecule has 0 unspecified atom stereocenters. The Morgan fingerprint density at radius 3 is 2.52 bits per heavy atom. The predicted octanol–water partition coefficient (Wildman–Crippen LogP) is 3.80. The van der Waals surface area contributed by atoms with Crippen LogP contribution >= 0.6 is 0 Å². The van der Waals surface area contributed by atoms with Gasteiger partial charge >= 0.3 is 0 Å². The summed E-state index contributed by atoms with van der Waals surface area (Å²) in [5.74, 6) is 3.85. The topological polar surface area (TPSA) is 41.1 Å². The first-order valence-corrected chi connectivity index (χ1v) is 8.42. The molecule has 0 aromatic carbocycles.